The van der Waals surface area contributed by atoms with Gasteiger partial charge in [-0.15, -0.1) is 0 Å². The fourth-order valence-corrected chi connectivity index (χ4v) is 4.70. The highest BCUT2D eigenvalue weighted by atomic mass is 79.9. The molecule has 0 amide bonds. The van der Waals surface area contributed by atoms with Crippen LogP contribution in [0, 0.1) is 0 Å². The first-order chi connectivity index (χ1) is 14.3. The van der Waals surface area contributed by atoms with Gasteiger partial charge in [0.25, 0.3) is 0 Å². The molecule has 176 valence electrons. The first kappa shape index (κ1) is 29.7. The lowest BCUT2D eigenvalue weighted by Gasteiger charge is -2.39. The van der Waals surface area contributed by atoms with Crippen molar-refractivity contribution in [1.29, 1.82) is 0 Å². The molecule has 0 heterocycles. The number of rotatable bonds is 20. The van der Waals surface area contributed by atoms with E-state index in [4.69, 9.17) is 0 Å². The Labute approximate surface area is 200 Å². The third-order valence-electron chi connectivity index (χ3n) is 6.57. The Bertz CT molecular complexity index is 423. The van der Waals surface area contributed by atoms with Gasteiger partial charge in [-0.1, -0.05) is 109 Å². The normalized spacial score (nSPS) is 11.4. The number of halogens is 1. The van der Waals surface area contributed by atoms with Crippen LogP contribution in [0.15, 0.2) is 30.3 Å². The van der Waals surface area contributed by atoms with E-state index in [1.807, 2.05) is 0 Å². The molecule has 0 spiro atoms. The molecule has 0 saturated carbocycles. The Morgan fingerprint density at radius 3 is 1.23 bits per heavy atom. The number of nitrogens with zero attached hydrogens (tertiary/aromatic N) is 1. The molecule has 0 aliphatic rings. The zero-order chi connectivity index (χ0) is 21.0. The quantitative estimate of drug-likeness (QED) is 0.160. The SMILES string of the molecule is CCCCCCC[N+](CCCCCCC)(CCCCCCC)Cc1ccccc1.[Br-]. The van der Waals surface area contributed by atoms with Crippen molar-refractivity contribution in [2.75, 3.05) is 19.6 Å². The van der Waals surface area contributed by atoms with Gasteiger partial charge in [0, 0.05) is 5.56 Å². The van der Waals surface area contributed by atoms with E-state index in [2.05, 4.69) is 51.1 Å². The van der Waals surface area contributed by atoms with Crippen LogP contribution in [-0.2, 0) is 6.54 Å². The summed E-state index contributed by atoms with van der Waals surface area (Å²) in [5, 5.41) is 0. The standard InChI is InChI=1S/C28H52N.BrH/c1-4-7-10-13-19-24-29(25-20-14-11-8-5-2,26-21-15-12-9-6-3)27-28-22-17-16-18-23-28;/h16-18,22-23H,4-15,19-21,24-27H2,1-3H3;1H/q+1;/p-1. The number of unbranched alkanes of at least 4 members (excludes halogenated alkanes) is 12. The summed E-state index contributed by atoms with van der Waals surface area (Å²) in [4.78, 5) is 0. The predicted molar refractivity (Wildman–Crippen MR) is 131 cm³/mol. The molecule has 0 saturated heterocycles. The van der Waals surface area contributed by atoms with Crippen molar-refractivity contribution in [3.63, 3.8) is 0 Å². The topological polar surface area (TPSA) is 0 Å². The Hall–Kier alpha value is -0.340. The fraction of sp³-hybridized carbons (Fsp3) is 0.786. The lowest BCUT2D eigenvalue weighted by molar-refractivity contribution is -0.941. The van der Waals surface area contributed by atoms with Gasteiger partial charge in [0.15, 0.2) is 0 Å². The van der Waals surface area contributed by atoms with E-state index in [1.54, 1.807) is 5.56 Å². The van der Waals surface area contributed by atoms with Gasteiger partial charge < -0.3 is 21.5 Å². The summed E-state index contributed by atoms with van der Waals surface area (Å²) in [5.41, 5.74) is 1.54. The molecule has 1 aromatic rings. The number of hydrogen-bond donors (Lipinski definition) is 0. The summed E-state index contributed by atoms with van der Waals surface area (Å²) in [6, 6.07) is 11.3. The maximum absolute atomic E-state index is 2.36. The van der Waals surface area contributed by atoms with Crippen LogP contribution in [-0.4, -0.2) is 24.1 Å². The highest BCUT2D eigenvalue weighted by molar-refractivity contribution is 5.13. The smallest absolute Gasteiger partial charge is 0.104 e. The third-order valence-corrected chi connectivity index (χ3v) is 6.57. The van der Waals surface area contributed by atoms with Crippen LogP contribution in [0.3, 0.4) is 0 Å². The minimum absolute atomic E-state index is 0. The van der Waals surface area contributed by atoms with Gasteiger partial charge in [-0.3, -0.25) is 0 Å². The lowest BCUT2D eigenvalue weighted by Crippen LogP contribution is -3.00. The van der Waals surface area contributed by atoms with Gasteiger partial charge in [-0.05, 0) is 38.5 Å². The molecule has 0 radical (unpaired) electrons. The van der Waals surface area contributed by atoms with Crippen molar-refractivity contribution >= 4 is 0 Å². The highest BCUT2D eigenvalue weighted by Gasteiger charge is 2.26. The molecule has 30 heavy (non-hydrogen) atoms. The molecule has 1 nitrogen and oxygen atoms in total. The van der Waals surface area contributed by atoms with E-state index >= 15 is 0 Å². The second-order valence-corrected chi connectivity index (χ2v) is 9.40. The van der Waals surface area contributed by atoms with Gasteiger partial charge in [-0.2, -0.15) is 0 Å². The first-order valence-electron chi connectivity index (χ1n) is 13.2. The fourth-order valence-electron chi connectivity index (χ4n) is 4.70. The van der Waals surface area contributed by atoms with Crippen LogP contribution in [0.5, 0.6) is 0 Å². The molecule has 0 fully saturated rings. The molecule has 0 aliphatic heterocycles. The monoisotopic (exact) mass is 481 g/mol. The Morgan fingerprint density at radius 2 is 0.867 bits per heavy atom. The van der Waals surface area contributed by atoms with Gasteiger partial charge in [0.2, 0.25) is 0 Å². The minimum atomic E-state index is 0. The molecule has 0 unspecified atom stereocenters. The summed E-state index contributed by atoms with van der Waals surface area (Å²) >= 11 is 0. The third kappa shape index (κ3) is 14.6. The zero-order valence-electron chi connectivity index (χ0n) is 20.6. The summed E-state index contributed by atoms with van der Waals surface area (Å²) in [7, 11) is 0. The maximum atomic E-state index is 2.36. The van der Waals surface area contributed by atoms with Crippen LogP contribution in [0.25, 0.3) is 0 Å². The Balaban J connectivity index is 0.00000841. The summed E-state index contributed by atoms with van der Waals surface area (Å²) in [6.07, 6.45) is 21.1. The molecule has 0 aromatic heterocycles. The molecule has 2 heteroatoms. The average Bonchev–Trinajstić information content (AvgIpc) is 2.74. The lowest BCUT2D eigenvalue weighted by atomic mass is 10.1. The van der Waals surface area contributed by atoms with E-state index in [1.165, 1.54) is 127 Å². The van der Waals surface area contributed by atoms with Crippen molar-refractivity contribution in [1.82, 2.24) is 0 Å². The number of hydrogen-bond acceptors (Lipinski definition) is 0. The number of quaternary nitrogens is 1. The van der Waals surface area contributed by atoms with E-state index in [-0.39, 0.29) is 17.0 Å². The second kappa shape index (κ2) is 20.6. The molecular weight excluding hydrogens is 430 g/mol. The number of benzene rings is 1. The van der Waals surface area contributed by atoms with E-state index in [0.717, 1.165) is 0 Å². The van der Waals surface area contributed by atoms with E-state index in [9.17, 15) is 0 Å². The van der Waals surface area contributed by atoms with Gasteiger partial charge in [0.05, 0.1) is 19.6 Å². The second-order valence-electron chi connectivity index (χ2n) is 9.40. The van der Waals surface area contributed by atoms with Crippen molar-refractivity contribution in [3.05, 3.63) is 35.9 Å². The van der Waals surface area contributed by atoms with Crippen LogP contribution < -0.4 is 17.0 Å². The van der Waals surface area contributed by atoms with E-state index in [0.29, 0.717) is 0 Å². The first-order valence-corrected chi connectivity index (χ1v) is 13.2. The van der Waals surface area contributed by atoms with Crippen LogP contribution in [0.1, 0.15) is 123 Å². The summed E-state index contributed by atoms with van der Waals surface area (Å²) in [6.45, 7) is 12.4. The van der Waals surface area contributed by atoms with Gasteiger partial charge in [0.1, 0.15) is 6.54 Å². The van der Waals surface area contributed by atoms with Crippen molar-refractivity contribution < 1.29 is 21.5 Å². The molecule has 0 atom stereocenters. The van der Waals surface area contributed by atoms with Crippen molar-refractivity contribution in [3.8, 4) is 0 Å². The summed E-state index contributed by atoms with van der Waals surface area (Å²) < 4.78 is 1.34. The molecule has 0 bridgehead atoms. The molecule has 0 aliphatic carbocycles. The average molecular weight is 483 g/mol. The van der Waals surface area contributed by atoms with Crippen molar-refractivity contribution in [2.45, 2.75) is 124 Å². The Morgan fingerprint density at radius 1 is 0.500 bits per heavy atom. The molecule has 0 N–H and O–H groups in total. The van der Waals surface area contributed by atoms with Crippen LogP contribution >= 0.6 is 0 Å². The predicted octanol–water partition coefficient (Wildman–Crippen LogP) is 5.92. The summed E-state index contributed by atoms with van der Waals surface area (Å²) in [5.74, 6) is 0. The van der Waals surface area contributed by atoms with Gasteiger partial charge in [-0.25, -0.2) is 0 Å². The minimum Gasteiger partial charge on any atom is -1.00 e. The zero-order valence-corrected chi connectivity index (χ0v) is 22.2. The maximum Gasteiger partial charge on any atom is 0.104 e. The van der Waals surface area contributed by atoms with Crippen LogP contribution in [0.4, 0.5) is 0 Å². The Kier molecular flexibility index (Phi) is 20.3. The highest BCUT2D eigenvalue weighted by Crippen LogP contribution is 2.22. The van der Waals surface area contributed by atoms with Gasteiger partial charge >= 0.3 is 0 Å². The molecule has 1 aromatic carbocycles. The molecular formula is C28H52BrN. The van der Waals surface area contributed by atoms with Crippen molar-refractivity contribution in [2.24, 2.45) is 0 Å². The van der Waals surface area contributed by atoms with Crippen LogP contribution in [0.2, 0.25) is 0 Å². The largest absolute Gasteiger partial charge is 1.00 e. The molecule has 1 rings (SSSR count). The van der Waals surface area contributed by atoms with E-state index < -0.39 is 0 Å².